The summed E-state index contributed by atoms with van der Waals surface area (Å²) < 4.78 is 47.1. The first kappa shape index (κ1) is 19.6. The van der Waals surface area contributed by atoms with Crippen molar-refractivity contribution in [3.8, 4) is 11.3 Å². The molecule has 2 saturated heterocycles. The van der Waals surface area contributed by atoms with Gasteiger partial charge in [0.2, 0.25) is 6.43 Å². The molecule has 2 fully saturated rings. The molecule has 158 valence electrons. The average Bonchev–Trinajstić information content (AvgIpc) is 3.33. The van der Waals surface area contributed by atoms with Gasteiger partial charge in [-0.25, -0.2) is 23.1 Å². The fourth-order valence-corrected chi connectivity index (χ4v) is 4.36. The maximum absolute atomic E-state index is 14.9. The molecule has 0 aliphatic carbocycles. The maximum atomic E-state index is 14.9. The molecule has 1 aromatic carbocycles. The number of epoxide rings is 1. The first-order valence-corrected chi connectivity index (χ1v) is 10.2. The Labute approximate surface area is 177 Å². The third-order valence-electron chi connectivity index (χ3n) is 6.04. The number of alkyl halides is 2. The number of nitrogens with zero attached hydrogens (tertiary/aromatic N) is 4. The maximum Gasteiger partial charge on any atom is 0.243 e. The second kappa shape index (κ2) is 7.13. The van der Waals surface area contributed by atoms with E-state index in [-0.39, 0.29) is 29.5 Å². The van der Waals surface area contributed by atoms with Crippen LogP contribution >= 0.6 is 11.6 Å². The van der Waals surface area contributed by atoms with Gasteiger partial charge >= 0.3 is 0 Å². The van der Waals surface area contributed by atoms with Crippen molar-refractivity contribution in [1.82, 2.24) is 9.88 Å². The fourth-order valence-electron chi connectivity index (χ4n) is 4.20. The number of amidine groups is 1. The normalized spacial score (nSPS) is 25.2. The van der Waals surface area contributed by atoms with E-state index in [0.717, 1.165) is 5.84 Å². The summed E-state index contributed by atoms with van der Waals surface area (Å²) in [5.41, 5.74) is 2.03. The Balaban J connectivity index is 1.67. The zero-order chi connectivity index (χ0) is 21.2. The number of halogens is 4. The Bertz CT molecular complexity index is 1050. The lowest BCUT2D eigenvalue weighted by molar-refractivity contribution is 0.0880. The number of rotatable bonds is 3. The molecule has 9 heteroatoms. The number of hydrogen-bond donors (Lipinski definition) is 0. The summed E-state index contributed by atoms with van der Waals surface area (Å²) in [4.78, 5) is 13.2. The number of pyridine rings is 1. The van der Waals surface area contributed by atoms with Crippen LogP contribution in [0.15, 0.2) is 29.3 Å². The van der Waals surface area contributed by atoms with E-state index >= 15 is 0 Å². The summed E-state index contributed by atoms with van der Waals surface area (Å²) in [6, 6.07) is 6.22. The van der Waals surface area contributed by atoms with Gasteiger partial charge in [0.25, 0.3) is 0 Å². The molecule has 5 nitrogen and oxygen atoms in total. The van der Waals surface area contributed by atoms with Gasteiger partial charge in [-0.05, 0) is 31.5 Å². The summed E-state index contributed by atoms with van der Waals surface area (Å²) in [6.45, 7) is 2.55. The van der Waals surface area contributed by atoms with E-state index in [2.05, 4.69) is 0 Å². The molecule has 0 bridgehead atoms. The molecule has 0 amide bonds. The molecule has 3 atom stereocenters. The summed E-state index contributed by atoms with van der Waals surface area (Å²) in [5.74, 6) is 0.0675. The Kier molecular flexibility index (Phi) is 4.67. The number of anilines is 1. The lowest BCUT2D eigenvalue weighted by Crippen LogP contribution is -2.26. The van der Waals surface area contributed by atoms with Gasteiger partial charge in [-0.15, -0.1) is 0 Å². The van der Waals surface area contributed by atoms with E-state index < -0.39 is 18.2 Å². The third kappa shape index (κ3) is 3.22. The van der Waals surface area contributed by atoms with Gasteiger partial charge in [0.05, 0.1) is 11.4 Å². The molecule has 2 aromatic rings. The molecule has 3 aliphatic heterocycles. The molecule has 3 aliphatic rings. The second-order valence-corrected chi connectivity index (χ2v) is 8.37. The van der Waals surface area contributed by atoms with Crippen molar-refractivity contribution in [3.05, 3.63) is 40.7 Å². The van der Waals surface area contributed by atoms with Crippen LogP contribution in [0.2, 0.25) is 5.02 Å². The van der Waals surface area contributed by atoms with E-state index in [0.29, 0.717) is 35.7 Å². The molecule has 2 unspecified atom stereocenters. The van der Waals surface area contributed by atoms with Crippen molar-refractivity contribution in [2.24, 2.45) is 10.9 Å². The van der Waals surface area contributed by atoms with Crippen LogP contribution in [0, 0.1) is 11.7 Å². The Hall–Kier alpha value is -2.32. The van der Waals surface area contributed by atoms with Gasteiger partial charge in [0.15, 0.2) is 6.23 Å². The largest absolute Gasteiger partial charge is 0.356 e. The van der Waals surface area contributed by atoms with Crippen LogP contribution in [0.5, 0.6) is 0 Å². The number of aliphatic imine (C=N–C) groups is 1. The summed E-state index contributed by atoms with van der Waals surface area (Å²) in [7, 11) is 1.89. The Morgan fingerprint density at radius 2 is 2.07 bits per heavy atom. The van der Waals surface area contributed by atoms with Crippen LogP contribution in [0.25, 0.3) is 11.3 Å². The summed E-state index contributed by atoms with van der Waals surface area (Å²) in [6.07, 6.45) is -2.46. The molecular formula is C21H20ClF3N4O. The minimum Gasteiger partial charge on any atom is -0.356 e. The molecule has 5 rings (SSSR count). The lowest BCUT2D eigenvalue weighted by Gasteiger charge is -2.21. The van der Waals surface area contributed by atoms with E-state index in [1.54, 1.807) is 18.2 Å². The van der Waals surface area contributed by atoms with Crippen molar-refractivity contribution in [1.29, 1.82) is 0 Å². The highest BCUT2D eigenvalue weighted by Crippen LogP contribution is 2.51. The number of hydrogen-bond acceptors (Lipinski definition) is 5. The van der Waals surface area contributed by atoms with Crippen molar-refractivity contribution in [2.75, 3.05) is 25.0 Å². The SMILES string of the molecule is CC1=Nc2cc(N3CC[C@@H](C(F)F)C3)nc(-c3ccc(Cl)cc3F)c2C2OC2N1C. The molecule has 0 N–H and O–H groups in total. The van der Waals surface area contributed by atoms with Crippen LogP contribution in [-0.4, -0.2) is 48.5 Å². The van der Waals surface area contributed by atoms with Gasteiger partial charge in [-0.3, -0.25) is 0 Å². The average molecular weight is 437 g/mol. The first-order chi connectivity index (χ1) is 14.3. The number of likely N-dealkylation sites (N-methyl/N-ethyl adjacent to an activating group) is 1. The summed E-state index contributed by atoms with van der Waals surface area (Å²) in [5, 5.41) is 0.284. The van der Waals surface area contributed by atoms with Crippen LogP contribution in [0.3, 0.4) is 0 Å². The number of benzene rings is 1. The first-order valence-electron chi connectivity index (χ1n) is 9.80. The zero-order valence-corrected chi connectivity index (χ0v) is 17.2. The van der Waals surface area contributed by atoms with E-state index in [1.807, 2.05) is 23.8 Å². The molecule has 1 aromatic heterocycles. The minimum atomic E-state index is -2.38. The van der Waals surface area contributed by atoms with Gasteiger partial charge in [-0.2, -0.15) is 0 Å². The highest BCUT2D eigenvalue weighted by atomic mass is 35.5. The van der Waals surface area contributed by atoms with Crippen molar-refractivity contribution < 1.29 is 17.9 Å². The molecule has 0 saturated carbocycles. The Morgan fingerprint density at radius 3 is 2.77 bits per heavy atom. The van der Waals surface area contributed by atoms with Crippen LogP contribution in [0.4, 0.5) is 24.7 Å². The number of aromatic nitrogens is 1. The van der Waals surface area contributed by atoms with Crippen molar-refractivity contribution in [2.45, 2.75) is 32.1 Å². The van der Waals surface area contributed by atoms with Crippen molar-refractivity contribution in [3.63, 3.8) is 0 Å². The third-order valence-corrected chi connectivity index (χ3v) is 6.28. The van der Waals surface area contributed by atoms with Crippen LogP contribution < -0.4 is 4.90 Å². The molecule has 0 spiro atoms. The zero-order valence-electron chi connectivity index (χ0n) is 16.4. The van der Waals surface area contributed by atoms with Crippen LogP contribution in [-0.2, 0) is 4.74 Å². The lowest BCUT2D eigenvalue weighted by atomic mass is 10.0. The highest BCUT2D eigenvalue weighted by molar-refractivity contribution is 6.30. The predicted octanol–water partition coefficient (Wildman–Crippen LogP) is 5.03. The monoisotopic (exact) mass is 436 g/mol. The van der Waals surface area contributed by atoms with Gasteiger partial charge in [0, 0.05) is 48.3 Å². The minimum absolute atomic E-state index is 0.188. The highest BCUT2D eigenvalue weighted by Gasteiger charge is 2.49. The quantitative estimate of drug-likeness (QED) is 0.633. The van der Waals surface area contributed by atoms with E-state index in [1.165, 1.54) is 6.07 Å². The number of fused-ring (bicyclic) bond motifs is 3. The smallest absolute Gasteiger partial charge is 0.243 e. The van der Waals surface area contributed by atoms with E-state index in [4.69, 9.17) is 26.3 Å². The second-order valence-electron chi connectivity index (χ2n) is 7.93. The van der Waals surface area contributed by atoms with Crippen LogP contribution in [0.1, 0.15) is 25.0 Å². The topological polar surface area (TPSA) is 44.3 Å². The number of ether oxygens (including phenoxy) is 1. The predicted molar refractivity (Wildman–Crippen MR) is 109 cm³/mol. The van der Waals surface area contributed by atoms with Crippen molar-refractivity contribution >= 4 is 28.9 Å². The van der Waals surface area contributed by atoms with Gasteiger partial charge in [0.1, 0.15) is 23.6 Å². The van der Waals surface area contributed by atoms with Gasteiger partial charge < -0.3 is 14.5 Å². The van der Waals surface area contributed by atoms with Gasteiger partial charge in [-0.1, -0.05) is 11.6 Å². The Morgan fingerprint density at radius 1 is 1.27 bits per heavy atom. The molecular weight excluding hydrogens is 417 g/mol. The standard InChI is InChI=1S/C21H20ClF3N4O/c1-10-26-15-8-16(29-6-5-11(9-29)20(24)25)27-18(13-4-3-12(22)7-14(13)23)17(15)19-21(30-19)28(10)2/h3-4,7-8,11,19-21H,5-6,9H2,1-2H3/t11-,19?,21?/m1/s1. The summed E-state index contributed by atoms with van der Waals surface area (Å²) >= 11 is 5.94. The fraction of sp³-hybridized carbons (Fsp3) is 0.429. The van der Waals surface area contributed by atoms with E-state index in [9.17, 15) is 13.2 Å². The molecule has 4 heterocycles. The molecule has 30 heavy (non-hydrogen) atoms. The molecule has 0 radical (unpaired) electrons.